The molecule has 0 bridgehead atoms. The van der Waals surface area contributed by atoms with Crippen molar-refractivity contribution in [2.75, 3.05) is 29.9 Å². The molecule has 29 heavy (non-hydrogen) atoms. The number of aliphatic hydroxyl groups is 1. The van der Waals surface area contributed by atoms with Gasteiger partial charge in [-0.1, -0.05) is 30.3 Å². The highest BCUT2D eigenvalue weighted by molar-refractivity contribution is 8.00. The molecule has 154 valence electrons. The van der Waals surface area contributed by atoms with Gasteiger partial charge in [0.15, 0.2) is 5.56 Å². The Labute approximate surface area is 174 Å². The Morgan fingerprint density at radius 1 is 1.07 bits per heavy atom. The number of piperidine rings is 1. The topological polar surface area (TPSA) is 90.0 Å². The highest BCUT2D eigenvalue weighted by Crippen LogP contribution is 2.41. The van der Waals surface area contributed by atoms with E-state index >= 15 is 0 Å². The van der Waals surface area contributed by atoms with E-state index in [0.29, 0.717) is 18.8 Å². The first-order valence-electron chi connectivity index (χ1n) is 9.55. The van der Waals surface area contributed by atoms with E-state index in [1.165, 1.54) is 28.2 Å². The predicted octanol–water partition coefficient (Wildman–Crippen LogP) is 2.69. The van der Waals surface area contributed by atoms with Crippen LogP contribution in [0.5, 0.6) is 0 Å². The van der Waals surface area contributed by atoms with E-state index in [2.05, 4.69) is 5.32 Å². The number of anilines is 2. The summed E-state index contributed by atoms with van der Waals surface area (Å²) >= 11 is 1.30. The van der Waals surface area contributed by atoms with Gasteiger partial charge in [-0.15, -0.1) is 0 Å². The number of hydrogen-bond acceptors (Lipinski definition) is 6. The summed E-state index contributed by atoms with van der Waals surface area (Å²) in [5.74, 6) is -0.284. The minimum atomic E-state index is -3.49. The molecule has 2 N–H and O–H groups in total. The lowest BCUT2D eigenvalue weighted by molar-refractivity contribution is -0.115. The summed E-state index contributed by atoms with van der Waals surface area (Å²) in [6, 6.07) is 13.8. The zero-order chi connectivity index (χ0) is 20.4. The molecule has 0 saturated carbocycles. The largest absolute Gasteiger partial charge is 0.364 e. The van der Waals surface area contributed by atoms with Crippen molar-refractivity contribution >= 4 is 39.1 Å². The zero-order valence-corrected chi connectivity index (χ0v) is 17.5. The fraction of sp³-hybridized carbons (Fsp3) is 0.350. The molecule has 0 spiro atoms. The van der Waals surface area contributed by atoms with Crippen LogP contribution in [-0.4, -0.2) is 48.9 Å². The van der Waals surface area contributed by atoms with Gasteiger partial charge in [-0.3, -0.25) is 4.79 Å². The van der Waals surface area contributed by atoms with Crippen LogP contribution in [0.3, 0.4) is 0 Å². The molecule has 2 aromatic rings. The van der Waals surface area contributed by atoms with Gasteiger partial charge in [0, 0.05) is 23.7 Å². The number of para-hydroxylation sites is 1. The third kappa shape index (κ3) is 4.28. The van der Waals surface area contributed by atoms with Crippen molar-refractivity contribution in [2.24, 2.45) is 0 Å². The quantitative estimate of drug-likeness (QED) is 0.754. The number of nitrogens with zero attached hydrogens (tertiary/aromatic N) is 2. The number of rotatable bonds is 5. The smallest absolute Gasteiger partial charge is 0.244 e. The molecule has 4 rings (SSSR count). The molecule has 7 nitrogen and oxygen atoms in total. The molecular weight excluding hydrogens is 410 g/mol. The molecule has 1 fully saturated rings. The SMILES string of the molecule is O=C(CN1c2ccccc2SC1O)Nc1ccc(S(=O)(=O)N2CCCCC2)cc1. The van der Waals surface area contributed by atoms with Crippen LogP contribution in [0.15, 0.2) is 58.3 Å². The van der Waals surface area contributed by atoms with E-state index in [-0.39, 0.29) is 17.3 Å². The van der Waals surface area contributed by atoms with Crippen LogP contribution >= 0.6 is 11.8 Å². The van der Waals surface area contributed by atoms with Crippen LogP contribution in [-0.2, 0) is 14.8 Å². The minimum absolute atomic E-state index is 0.000984. The van der Waals surface area contributed by atoms with Crippen LogP contribution in [0.25, 0.3) is 0 Å². The minimum Gasteiger partial charge on any atom is -0.364 e. The molecule has 2 aliphatic rings. The predicted molar refractivity (Wildman–Crippen MR) is 113 cm³/mol. The summed E-state index contributed by atoms with van der Waals surface area (Å²) in [5.41, 5.74) is 0.528. The molecule has 0 aromatic heterocycles. The lowest BCUT2D eigenvalue weighted by Crippen LogP contribution is -2.37. The third-order valence-electron chi connectivity index (χ3n) is 5.08. The number of aliphatic hydroxyl groups excluding tert-OH is 1. The third-order valence-corrected chi connectivity index (χ3v) is 8.06. The first-order valence-corrected chi connectivity index (χ1v) is 11.9. The van der Waals surface area contributed by atoms with Crippen LogP contribution < -0.4 is 10.2 Å². The summed E-state index contributed by atoms with van der Waals surface area (Å²) in [6.45, 7) is 1.11. The van der Waals surface area contributed by atoms with Crippen LogP contribution in [0.2, 0.25) is 0 Å². The molecule has 1 unspecified atom stereocenters. The molecule has 1 saturated heterocycles. The standard InChI is InChI=1S/C20H23N3O4S2/c24-19(14-23-17-6-2-3-7-18(17)28-20(23)25)21-15-8-10-16(11-9-15)29(26,27)22-12-4-1-5-13-22/h2-3,6-11,20,25H,1,4-5,12-14H2,(H,21,24). The Morgan fingerprint density at radius 3 is 2.48 bits per heavy atom. The Bertz CT molecular complexity index is 989. The van der Waals surface area contributed by atoms with E-state index in [4.69, 9.17) is 0 Å². The number of carbonyl (C=O) groups excluding carboxylic acids is 1. The van der Waals surface area contributed by atoms with Crippen molar-refractivity contribution in [3.05, 3.63) is 48.5 Å². The second-order valence-corrected chi connectivity index (χ2v) is 10.1. The molecule has 2 aliphatic heterocycles. The highest BCUT2D eigenvalue weighted by Gasteiger charge is 2.30. The summed E-state index contributed by atoms with van der Waals surface area (Å²) in [4.78, 5) is 15.2. The maximum atomic E-state index is 12.7. The lowest BCUT2D eigenvalue weighted by Gasteiger charge is -2.26. The van der Waals surface area contributed by atoms with Crippen LogP contribution in [0.4, 0.5) is 11.4 Å². The van der Waals surface area contributed by atoms with E-state index in [1.807, 2.05) is 24.3 Å². The normalized spacial score (nSPS) is 19.8. The van der Waals surface area contributed by atoms with E-state index in [1.54, 1.807) is 17.0 Å². The number of thioether (sulfide) groups is 1. The van der Waals surface area contributed by atoms with Crippen molar-refractivity contribution in [2.45, 2.75) is 34.6 Å². The first-order chi connectivity index (χ1) is 13.9. The van der Waals surface area contributed by atoms with Gasteiger partial charge in [0.2, 0.25) is 15.9 Å². The fourth-order valence-corrected chi connectivity index (χ4v) is 6.10. The Morgan fingerprint density at radius 2 is 1.76 bits per heavy atom. The Kier molecular flexibility index (Phi) is 5.82. The Balaban J connectivity index is 1.41. The summed E-state index contributed by atoms with van der Waals surface area (Å²) in [7, 11) is -3.49. The average Bonchev–Trinajstić information content (AvgIpc) is 3.04. The molecule has 2 heterocycles. The van der Waals surface area contributed by atoms with Gasteiger partial charge in [0.05, 0.1) is 10.6 Å². The molecule has 1 amide bonds. The van der Waals surface area contributed by atoms with Gasteiger partial charge >= 0.3 is 0 Å². The van der Waals surface area contributed by atoms with Gasteiger partial charge < -0.3 is 15.3 Å². The molecule has 0 radical (unpaired) electrons. The molecule has 1 atom stereocenters. The highest BCUT2D eigenvalue weighted by atomic mass is 32.2. The number of carbonyl (C=O) groups is 1. The van der Waals surface area contributed by atoms with Crippen LogP contribution in [0.1, 0.15) is 19.3 Å². The van der Waals surface area contributed by atoms with Gasteiger partial charge in [-0.05, 0) is 49.2 Å². The van der Waals surface area contributed by atoms with Crippen molar-refractivity contribution < 1.29 is 18.3 Å². The van der Waals surface area contributed by atoms with Crippen molar-refractivity contribution in [3.8, 4) is 0 Å². The number of sulfonamides is 1. The molecule has 9 heteroatoms. The molecule has 2 aromatic carbocycles. The van der Waals surface area contributed by atoms with Gasteiger partial charge in [0.25, 0.3) is 0 Å². The van der Waals surface area contributed by atoms with Crippen LogP contribution in [0, 0.1) is 0 Å². The summed E-state index contributed by atoms with van der Waals surface area (Å²) in [5, 5.41) is 13.0. The zero-order valence-electron chi connectivity index (χ0n) is 15.8. The fourth-order valence-electron chi connectivity index (χ4n) is 3.57. The van der Waals surface area contributed by atoms with Gasteiger partial charge in [-0.2, -0.15) is 4.31 Å². The first kappa shape index (κ1) is 20.2. The second-order valence-electron chi connectivity index (χ2n) is 7.08. The van der Waals surface area contributed by atoms with Gasteiger partial charge in [-0.25, -0.2) is 8.42 Å². The van der Waals surface area contributed by atoms with E-state index < -0.39 is 15.6 Å². The van der Waals surface area contributed by atoms with E-state index in [9.17, 15) is 18.3 Å². The number of amides is 1. The average molecular weight is 434 g/mol. The number of hydrogen-bond donors (Lipinski definition) is 2. The molecular formula is C20H23N3O4S2. The monoisotopic (exact) mass is 433 g/mol. The van der Waals surface area contributed by atoms with Crippen molar-refractivity contribution in [1.29, 1.82) is 0 Å². The maximum absolute atomic E-state index is 12.7. The summed E-state index contributed by atoms with van der Waals surface area (Å²) in [6.07, 6.45) is 2.83. The van der Waals surface area contributed by atoms with Crippen molar-refractivity contribution in [1.82, 2.24) is 4.31 Å². The number of nitrogens with one attached hydrogen (secondary N) is 1. The van der Waals surface area contributed by atoms with Crippen molar-refractivity contribution in [3.63, 3.8) is 0 Å². The van der Waals surface area contributed by atoms with E-state index in [0.717, 1.165) is 29.8 Å². The van der Waals surface area contributed by atoms with Gasteiger partial charge in [0.1, 0.15) is 6.54 Å². The maximum Gasteiger partial charge on any atom is 0.244 e. The number of benzene rings is 2. The Hall–Kier alpha value is -2.07. The summed E-state index contributed by atoms with van der Waals surface area (Å²) < 4.78 is 26.9. The lowest BCUT2D eigenvalue weighted by atomic mass is 10.2. The second kappa shape index (κ2) is 8.35. The molecule has 0 aliphatic carbocycles. The number of fused-ring (bicyclic) bond motifs is 1.